The second-order valence-electron chi connectivity index (χ2n) is 5.46. The van der Waals surface area contributed by atoms with E-state index in [0.717, 1.165) is 0 Å². The zero-order chi connectivity index (χ0) is 18.4. The number of anilines is 1. The standard InChI is InChI=1S/C20H18N2O3S/c1-25-16-11-6-5-10-15(16)21-19(18(23)14-8-3-2-4-9-14)22-20(24)17-12-7-13-26-17/h2-13,19,21H,1H3,(H,22,24). The van der Waals surface area contributed by atoms with Gasteiger partial charge in [0.25, 0.3) is 5.91 Å². The molecule has 1 unspecified atom stereocenters. The lowest BCUT2D eigenvalue weighted by Crippen LogP contribution is -2.46. The average molecular weight is 366 g/mol. The van der Waals surface area contributed by atoms with Crippen LogP contribution in [-0.2, 0) is 0 Å². The normalized spacial score (nSPS) is 11.4. The molecule has 3 rings (SSSR count). The van der Waals surface area contributed by atoms with Crippen molar-refractivity contribution in [3.63, 3.8) is 0 Å². The number of hydrogen-bond donors (Lipinski definition) is 2. The van der Waals surface area contributed by atoms with Gasteiger partial charge in [-0.2, -0.15) is 0 Å². The molecule has 1 atom stereocenters. The van der Waals surface area contributed by atoms with Gasteiger partial charge in [0, 0.05) is 5.56 Å². The van der Waals surface area contributed by atoms with Crippen LogP contribution in [0.5, 0.6) is 5.75 Å². The largest absolute Gasteiger partial charge is 0.495 e. The number of carbonyl (C=O) groups is 2. The molecule has 0 aliphatic carbocycles. The van der Waals surface area contributed by atoms with E-state index in [4.69, 9.17) is 4.74 Å². The first-order chi connectivity index (χ1) is 12.7. The summed E-state index contributed by atoms with van der Waals surface area (Å²) >= 11 is 1.32. The van der Waals surface area contributed by atoms with Crippen LogP contribution >= 0.6 is 11.3 Å². The van der Waals surface area contributed by atoms with Gasteiger partial charge < -0.3 is 15.4 Å². The van der Waals surface area contributed by atoms with Crippen LogP contribution in [0.25, 0.3) is 0 Å². The first-order valence-corrected chi connectivity index (χ1v) is 8.90. The SMILES string of the molecule is COc1ccccc1NC(NC(=O)c1cccs1)C(=O)c1ccccc1. The van der Waals surface area contributed by atoms with Gasteiger partial charge in [-0.1, -0.05) is 48.5 Å². The van der Waals surface area contributed by atoms with Gasteiger partial charge in [0.15, 0.2) is 6.17 Å². The molecule has 2 N–H and O–H groups in total. The second-order valence-corrected chi connectivity index (χ2v) is 6.41. The van der Waals surface area contributed by atoms with Crippen molar-refractivity contribution in [2.24, 2.45) is 0 Å². The van der Waals surface area contributed by atoms with Crippen LogP contribution < -0.4 is 15.4 Å². The predicted octanol–water partition coefficient (Wildman–Crippen LogP) is 3.81. The summed E-state index contributed by atoms with van der Waals surface area (Å²) in [4.78, 5) is 26.0. The van der Waals surface area contributed by atoms with Crippen LogP contribution in [0.4, 0.5) is 5.69 Å². The molecule has 3 aromatic rings. The number of carbonyl (C=O) groups excluding carboxylic acids is 2. The number of rotatable bonds is 7. The molecule has 1 amide bonds. The Morgan fingerprint density at radius 1 is 0.962 bits per heavy atom. The second kappa shape index (κ2) is 8.31. The summed E-state index contributed by atoms with van der Waals surface area (Å²) in [5.74, 6) is 0.0434. The number of nitrogens with one attached hydrogen (secondary N) is 2. The Hall–Kier alpha value is -3.12. The lowest BCUT2D eigenvalue weighted by molar-refractivity contribution is 0.0871. The van der Waals surface area contributed by atoms with Gasteiger partial charge in [0.2, 0.25) is 5.78 Å². The van der Waals surface area contributed by atoms with Gasteiger partial charge >= 0.3 is 0 Å². The van der Waals surface area contributed by atoms with Crippen molar-refractivity contribution in [3.05, 3.63) is 82.6 Å². The number of amides is 1. The number of hydrogen-bond acceptors (Lipinski definition) is 5. The van der Waals surface area contributed by atoms with Gasteiger partial charge in [-0.3, -0.25) is 9.59 Å². The fraction of sp³-hybridized carbons (Fsp3) is 0.100. The quantitative estimate of drug-likeness (QED) is 0.493. The smallest absolute Gasteiger partial charge is 0.263 e. The van der Waals surface area contributed by atoms with Gasteiger partial charge in [-0.15, -0.1) is 11.3 Å². The lowest BCUT2D eigenvalue weighted by atomic mass is 10.1. The minimum Gasteiger partial charge on any atom is -0.495 e. The molecule has 0 fully saturated rings. The maximum Gasteiger partial charge on any atom is 0.263 e. The van der Waals surface area contributed by atoms with Gasteiger partial charge in [0.1, 0.15) is 5.75 Å². The Morgan fingerprint density at radius 2 is 1.69 bits per heavy atom. The van der Waals surface area contributed by atoms with E-state index in [0.29, 0.717) is 21.9 Å². The van der Waals surface area contributed by atoms with E-state index in [1.165, 1.54) is 11.3 Å². The molecule has 0 radical (unpaired) electrons. The van der Waals surface area contributed by atoms with Crippen LogP contribution in [0, 0.1) is 0 Å². The minimum absolute atomic E-state index is 0.235. The molecule has 6 heteroatoms. The van der Waals surface area contributed by atoms with E-state index < -0.39 is 6.17 Å². The van der Waals surface area contributed by atoms with Crippen molar-refractivity contribution >= 4 is 28.7 Å². The third-order valence-corrected chi connectivity index (χ3v) is 4.62. The third-order valence-electron chi connectivity index (χ3n) is 3.75. The summed E-state index contributed by atoms with van der Waals surface area (Å²) in [6, 6.07) is 19.6. The first kappa shape index (κ1) is 17.7. The fourth-order valence-electron chi connectivity index (χ4n) is 2.47. The summed E-state index contributed by atoms with van der Waals surface area (Å²) in [6.45, 7) is 0. The number of ether oxygens (including phenoxy) is 1. The van der Waals surface area contributed by atoms with E-state index in [1.54, 1.807) is 55.6 Å². The maximum atomic E-state index is 12.9. The molecule has 0 saturated carbocycles. The molecule has 0 bridgehead atoms. The average Bonchev–Trinajstić information content (AvgIpc) is 3.23. The topological polar surface area (TPSA) is 67.4 Å². The number of thiophene rings is 1. The Bertz CT molecular complexity index is 879. The molecule has 0 aliphatic heterocycles. The number of ketones is 1. The van der Waals surface area contributed by atoms with Crippen molar-refractivity contribution in [1.29, 1.82) is 0 Å². The lowest BCUT2D eigenvalue weighted by Gasteiger charge is -2.21. The van der Waals surface area contributed by atoms with Crippen LogP contribution in [-0.4, -0.2) is 25.0 Å². The van der Waals surface area contributed by atoms with Crippen molar-refractivity contribution < 1.29 is 14.3 Å². The zero-order valence-electron chi connectivity index (χ0n) is 14.1. The molecule has 1 aromatic heterocycles. The van der Waals surface area contributed by atoms with E-state index in [9.17, 15) is 9.59 Å². The molecule has 132 valence electrons. The molecule has 0 aliphatic rings. The van der Waals surface area contributed by atoms with Crippen LogP contribution in [0.15, 0.2) is 72.1 Å². The zero-order valence-corrected chi connectivity index (χ0v) is 15.0. The predicted molar refractivity (Wildman–Crippen MR) is 103 cm³/mol. The third kappa shape index (κ3) is 4.10. The van der Waals surface area contributed by atoms with Gasteiger partial charge in [-0.25, -0.2) is 0 Å². The Kier molecular flexibility index (Phi) is 5.66. The highest BCUT2D eigenvalue weighted by atomic mass is 32.1. The van der Waals surface area contributed by atoms with E-state index in [-0.39, 0.29) is 11.7 Å². The molecule has 2 aromatic carbocycles. The summed E-state index contributed by atoms with van der Waals surface area (Å²) in [5.41, 5.74) is 1.13. The van der Waals surface area contributed by atoms with Crippen molar-refractivity contribution in [3.8, 4) is 5.75 Å². The van der Waals surface area contributed by atoms with E-state index in [2.05, 4.69) is 10.6 Å². The van der Waals surface area contributed by atoms with Gasteiger partial charge in [-0.05, 0) is 23.6 Å². The molecule has 26 heavy (non-hydrogen) atoms. The number of methoxy groups -OCH3 is 1. The monoisotopic (exact) mass is 366 g/mol. The summed E-state index contributed by atoms with van der Waals surface area (Å²) in [5, 5.41) is 7.68. The van der Waals surface area contributed by atoms with Crippen LogP contribution in [0.1, 0.15) is 20.0 Å². The molecular weight excluding hydrogens is 348 g/mol. The van der Waals surface area contributed by atoms with Crippen molar-refractivity contribution in [2.75, 3.05) is 12.4 Å². The Labute approximate surface area is 155 Å². The first-order valence-electron chi connectivity index (χ1n) is 8.02. The summed E-state index contributed by atoms with van der Waals surface area (Å²) in [6.07, 6.45) is -0.928. The summed E-state index contributed by atoms with van der Waals surface area (Å²) < 4.78 is 5.32. The highest BCUT2D eigenvalue weighted by Gasteiger charge is 2.24. The highest BCUT2D eigenvalue weighted by Crippen LogP contribution is 2.24. The number of Topliss-reactive ketones (excluding diaryl/α,β-unsaturated/α-hetero) is 1. The van der Waals surface area contributed by atoms with Gasteiger partial charge in [0.05, 0.1) is 17.7 Å². The van der Waals surface area contributed by atoms with Crippen molar-refractivity contribution in [1.82, 2.24) is 5.32 Å². The van der Waals surface area contributed by atoms with Crippen molar-refractivity contribution in [2.45, 2.75) is 6.17 Å². The summed E-state index contributed by atoms with van der Waals surface area (Å²) in [7, 11) is 1.55. The van der Waals surface area contributed by atoms with E-state index in [1.807, 2.05) is 23.6 Å². The molecule has 5 nitrogen and oxygen atoms in total. The Balaban J connectivity index is 1.88. The van der Waals surface area contributed by atoms with Crippen LogP contribution in [0.2, 0.25) is 0 Å². The minimum atomic E-state index is -0.928. The number of para-hydroxylation sites is 2. The van der Waals surface area contributed by atoms with Crippen LogP contribution in [0.3, 0.4) is 0 Å². The molecule has 0 saturated heterocycles. The Morgan fingerprint density at radius 3 is 2.38 bits per heavy atom. The molecule has 1 heterocycles. The molecule has 0 spiro atoms. The number of benzene rings is 2. The molecular formula is C20H18N2O3S. The van der Waals surface area contributed by atoms with E-state index >= 15 is 0 Å². The highest BCUT2D eigenvalue weighted by molar-refractivity contribution is 7.12. The fourth-order valence-corrected chi connectivity index (χ4v) is 3.09. The maximum absolute atomic E-state index is 12.9.